The van der Waals surface area contributed by atoms with E-state index < -0.39 is 39.6 Å². The van der Waals surface area contributed by atoms with E-state index in [0.29, 0.717) is 16.9 Å². The number of aryl methyl sites for hydroxylation is 1. The molecule has 1 aliphatic heterocycles. The standard InChI is InChI=1S/C25H22F3NO4S/c1-16-3-5-18(6-4-16)24-22(17-7-9-19(10-8-17)25(26,27)28)15-23(30)29(24)34(31,32)21-13-11-20(33-2)12-14-21/h3-14,22,24H,15H2,1-2H3/t22-,24+/m1/s1. The van der Waals surface area contributed by atoms with Gasteiger partial charge < -0.3 is 4.74 Å². The summed E-state index contributed by atoms with van der Waals surface area (Å²) in [6.07, 6.45) is -4.65. The molecule has 0 bridgehead atoms. The zero-order chi connectivity index (χ0) is 24.7. The summed E-state index contributed by atoms with van der Waals surface area (Å²) in [5.41, 5.74) is 1.18. The molecule has 2 atom stereocenters. The molecule has 0 saturated carbocycles. The third kappa shape index (κ3) is 4.40. The van der Waals surface area contributed by atoms with Crippen molar-refractivity contribution in [2.75, 3.05) is 7.11 Å². The Morgan fingerprint density at radius 2 is 1.44 bits per heavy atom. The lowest BCUT2D eigenvalue weighted by Gasteiger charge is -2.28. The van der Waals surface area contributed by atoms with E-state index in [1.54, 1.807) is 24.3 Å². The quantitative estimate of drug-likeness (QED) is 0.477. The first-order valence-electron chi connectivity index (χ1n) is 10.5. The van der Waals surface area contributed by atoms with Crippen LogP contribution in [0.3, 0.4) is 0 Å². The van der Waals surface area contributed by atoms with E-state index in [-0.39, 0.29) is 11.3 Å². The minimum Gasteiger partial charge on any atom is -0.497 e. The molecule has 1 amide bonds. The fourth-order valence-electron chi connectivity index (χ4n) is 4.20. The Morgan fingerprint density at radius 3 is 1.97 bits per heavy atom. The summed E-state index contributed by atoms with van der Waals surface area (Å²) >= 11 is 0. The second-order valence-corrected chi connectivity index (χ2v) is 9.97. The van der Waals surface area contributed by atoms with Crippen molar-refractivity contribution in [1.82, 2.24) is 4.31 Å². The van der Waals surface area contributed by atoms with Gasteiger partial charge in [-0.25, -0.2) is 12.7 Å². The Balaban J connectivity index is 1.81. The van der Waals surface area contributed by atoms with E-state index in [2.05, 4.69) is 0 Å². The van der Waals surface area contributed by atoms with Crippen LogP contribution in [0, 0.1) is 6.92 Å². The molecule has 34 heavy (non-hydrogen) atoms. The lowest BCUT2D eigenvalue weighted by Crippen LogP contribution is -2.35. The average molecular weight is 490 g/mol. The van der Waals surface area contributed by atoms with E-state index in [1.165, 1.54) is 43.5 Å². The maximum Gasteiger partial charge on any atom is 0.416 e. The molecule has 4 rings (SSSR count). The number of alkyl halides is 3. The zero-order valence-electron chi connectivity index (χ0n) is 18.4. The Hall–Kier alpha value is -3.33. The average Bonchev–Trinajstić information content (AvgIpc) is 3.17. The van der Waals surface area contributed by atoms with E-state index in [1.807, 2.05) is 6.92 Å². The maximum absolute atomic E-state index is 13.6. The number of sulfonamides is 1. The topological polar surface area (TPSA) is 63.7 Å². The second kappa shape index (κ2) is 8.79. The zero-order valence-corrected chi connectivity index (χ0v) is 19.2. The summed E-state index contributed by atoms with van der Waals surface area (Å²) in [6, 6.07) is 16.4. The smallest absolute Gasteiger partial charge is 0.416 e. The number of hydrogen-bond donors (Lipinski definition) is 0. The van der Waals surface area contributed by atoms with Gasteiger partial charge in [0, 0.05) is 12.3 Å². The summed E-state index contributed by atoms with van der Waals surface area (Å²) in [4.78, 5) is 13.0. The first-order valence-corrected chi connectivity index (χ1v) is 11.9. The van der Waals surface area contributed by atoms with Crippen molar-refractivity contribution >= 4 is 15.9 Å². The normalized spacial score (nSPS) is 18.9. The molecule has 5 nitrogen and oxygen atoms in total. The molecule has 3 aromatic carbocycles. The first kappa shape index (κ1) is 23.8. The van der Waals surface area contributed by atoms with Crippen LogP contribution in [0.4, 0.5) is 13.2 Å². The highest BCUT2D eigenvalue weighted by molar-refractivity contribution is 7.89. The van der Waals surface area contributed by atoms with Crippen LogP contribution in [0.15, 0.2) is 77.7 Å². The van der Waals surface area contributed by atoms with Crippen LogP contribution < -0.4 is 4.74 Å². The van der Waals surface area contributed by atoms with Gasteiger partial charge in [0.05, 0.1) is 23.6 Å². The molecule has 0 aliphatic carbocycles. The molecule has 1 saturated heterocycles. The molecule has 1 heterocycles. The minimum atomic E-state index is -4.50. The molecule has 0 aromatic heterocycles. The SMILES string of the molecule is COc1ccc(S(=O)(=O)N2C(=O)C[C@H](c3ccc(C(F)(F)F)cc3)[C@@H]2c2ccc(C)cc2)cc1. The van der Waals surface area contributed by atoms with Crippen molar-refractivity contribution in [2.45, 2.75) is 36.4 Å². The van der Waals surface area contributed by atoms with Crippen LogP contribution in [0.5, 0.6) is 5.75 Å². The van der Waals surface area contributed by atoms with Gasteiger partial charge in [0.2, 0.25) is 5.91 Å². The molecule has 0 N–H and O–H groups in total. The van der Waals surface area contributed by atoms with Gasteiger partial charge in [0.25, 0.3) is 10.0 Å². The fourth-order valence-corrected chi connectivity index (χ4v) is 5.82. The lowest BCUT2D eigenvalue weighted by atomic mass is 9.87. The summed E-state index contributed by atoms with van der Waals surface area (Å²) in [5.74, 6) is -0.804. The number of halogens is 3. The summed E-state index contributed by atoms with van der Waals surface area (Å²) in [5, 5.41) is 0. The summed E-state index contributed by atoms with van der Waals surface area (Å²) in [7, 11) is -2.79. The number of rotatable bonds is 5. The van der Waals surface area contributed by atoms with Crippen LogP contribution in [0.2, 0.25) is 0 Å². The van der Waals surface area contributed by atoms with E-state index >= 15 is 0 Å². The third-order valence-corrected chi connectivity index (χ3v) is 7.79. The number of amides is 1. The van der Waals surface area contributed by atoms with Crippen molar-refractivity contribution in [3.63, 3.8) is 0 Å². The van der Waals surface area contributed by atoms with Gasteiger partial charge in [-0.1, -0.05) is 42.0 Å². The van der Waals surface area contributed by atoms with Crippen molar-refractivity contribution < 1.29 is 31.1 Å². The minimum absolute atomic E-state index is 0.0770. The van der Waals surface area contributed by atoms with Gasteiger partial charge in [0.1, 0.15) is 5.75 Å². The monoisotopic (exact) mass is 489 g/mol. The van der Waals surface area contributed by atoms with Crippen LogP contribution in [0.1, 0.15) is 40.6 Å². The summed E-state index contributed by atoms with van der Waals surface area (Å²) in [6.45, 7) is 1.88. The summed E-state index contributed by atoms with van der Waals surface area (Å²) < 4.78 is 72.2. The predicted molar refractivity (Wildman–Crippen MR) is 120 cm³/mol. The predicted octanol–water partition coefficient (Wildman–Crippen LogP) is 5.47. The van der Waals surface area contributed by atoms with E-state index in [0.717, 1.165) is 22.0 Å². The number of ether oxygens (including phenoxy) is 1. The first-order chi connectivity index (χ1) is 16.0. The molecule has 0 spiro atoms. The van der Waals surface area contributed by atoms with Gasteiger partial charge >= 0.3 is 6.18 Å². The van der Waals surface area contributed by atoms with E-state index in [9.17, 15) is 26.4 Å². The number of carbonyl (C=O) groups excluding carboxylic acids is 1. The number of nitrogens with zero attached hydrogens (tertiary/aromatic N) is 1. The van der Waals surface area contributed by atoms with Crippen LogP contribution in [-0.4, -0.2) is 25.7 Å². The molecule has 9 heteroatoms. The highest BCUT2D eigenvalue weighted by Crippen LogP contribution is 2.47. The Kier molecular flexibility index (Phi) is 6.16. The van der Waals surface area contributed by atoms with Gasteiger partial charge in [-0.3, -0.25) is 4.79 Å². The van der Waals surface area contributed by atoms with Crippen molar-refractivity contribution in [1.29, 1.82) is 0 Å². The van der Waals surface area contributed by atoms with Gasteiger partial charge in [0.15, 0.2) is 0 Å². The van der Waals surface area contributed by atoms with Gasteiger partial charge in [-0.05, 0) is 54.4 Å². The number of hydrogen-bond acceptors (Lipinski definition) is 4. The Labute approximate surface area is 195 Å². The third-order valence-electron chi connectivity index (χ3n) is 5.98. The molecular weight excluding hydrogens is 467 g/mol. The molecular formula is C25H22F3NO4S. The molecule has 1 fully saturated rings. The lowest BCUT2D eigenvalue weighted by molar-refractivity contribution is -0.137. The van der Waals surface area contributed by atoms with Crippen LogP contribution >= 0.6 is 0 Å². The Morgan fingerprint density at radius 1 is 0.882 bits per heavy atom. The number of benzene rings is 3. The van der Waals surface area contributed by atoms with Crippen molar-refractivity contribution in [3.05, 3.63) is 95.1 Å². The highest BCUT2D eigenvalue weighted by atomic mass is 32.2. The molecule has 178 valence electrons. The van der Waals surface area contributed by atoms with Crippen LogP contribution in [-0.2, 0) is 21.0 Å². The van der Waals surface area contributed by atoms with Gasteiger partial charge in [-0.2, -0.15) is 13.2 Å². The molecule has 0 radical (unpaired) electrons. The molecule has 0 unspecified atom stereocenters. The molecule has 3 aromatic rings. The van der Waals surface area contributed by atoms with Crippen LogP contribution in [0.25, 0.3) is 0 Å². The molecule has 1 aliphatic rings. The Bertz CT molecular complexity index is 1290. The van der Waals surface area contributed by atoms with Crippen molar-refractivity contribution in [3.8, 4) is 5.75 Å². The number of carbonyl (C=O) groups is 1. The number of methoxy groups -OCH3 is 1. The van der Waals surface area contributed by atoms with E-state index in [4.69, 9.17) is 4.74 Å². The second-order valence-electron chi connectivity index (χ2n) is 8.16. The maximum atomic E-state index is 13.6. The van der Waals surface area contributed by atoms with Gasteiger partial charge in [-0.15, -0.1) is 0 Å². The largest absolute Gasteiger partial charge is 0.497 e. The van der Waals surface area contributed by atoms with Crippen molar-refractivity contribution in [2.24, 2.45) is 0 Å². The highest BCUT2D eigenvalue weighted by Gasteiger charge is 2.48. The fraction of sp³-hybridized carbons (Fsp3) is 0.240.